The fraction of sp³-hybridized carbons (Fsp3) is 0.436. The van der Waals surface area contributed by atoms with Gasteiger partial charge in [0.15, 0.2) is 0 Å². The largest absolute Gasteiger partial charge is 0.475 e. The van der Waals surface area contributed by atoms with Crippen LogP contribution in [-0.2, 0) is 16.6 Å². The number of nitrogens with zero attached hydrogens (tertiary/aromatic N) is 5. The standard InChI is InChI=1S/C39H48N6O5S/c1-7-39(25-46)18-11-19-45(39)33-17-10-15-29(40-33)23-44-30(22-38(4,5)6)24-50-34-21-32(35-26(2)12-8-13-27(35)3)41-37(42-34)43-51(48,49)31-16-9-14-28(20-31)36(44)47/h8-10,12-17,20-21,30,46H,7,11,18-19,22-25H2,1-6H3,(H,41,42,43)/t30-,39-/m1/s1. The summed E-state index contributed by atoms with van der Waals surface area (Å²) in [6, 6.07) is 19.0. The van der Waals surface area contributed by atoms with Crippen molar-refractivity contribution in [1.82, 2.24) is 19.9 Å². The van der Waals surface area contributed by atoms with Crippen LogP contribution in [0, 0.1) is 19.3 Å². The van der Waals surface area contributed by atoms with E-state index in [0.29, 0.717) is 17.8 Å². The second-order valence-electron chi connectivity index (χ2n) is 15.0. The average Bonchev–Trinajstić information content (AvgIpc) is 3.53. The summed E-state index contributed by atoms with van der Waals surface area (Å²) in [5, 5.41) is 10.4. The van der Waals surface area contributed by atoms with Crippen molar-refractivity contribution in [2.45, 2.75) is 90.2 Å². The van der Waals surface area contributed by atoms with Gasteiger partial charge in [0.2, 0.25) is 11.8 Å². The van der Waals surface area contributed by atoms with Crippen molar-refractivity contribution in [1.29, 1.82) is 0 Å². The molecule has 12 heteroatoms. The number of rotatable bonds is 7. The molecular weight excluding hydrogens is 665 g/mol. The normalized spacial score (nSPS) is 20.5. The monoisotopic (exact) mass is 712 g/mol. The van der Waals surface area contributed by atoms with Crippen molar-refractivity contribution in [3.05, 3.63) is 89.1 Å². The second kappa shape index (κ2) is 14.2. The molecule has 0 aliphatic carbocycles. The van der Waals surface area contributed by atoms with E-state index in [0.717, 1.165) is 48.3 Å². The topological polar surface area (TPSA) is 138 Å². The van der Waals surface area contributed by atoms with E-state index < -0.39 is 16.1 Å². The highest BCUT2D eigenvalue weighted by Crippen LogP contribution is 2.36. The first-order valence-corrected chi connectivity index (χ1v) is 19.1. The Kier molecular flexibility index (Phi) is 10.1. The van der Waals surface area contributed by atoms with E-state index in [9.17, 15) is 18.3 Å². The second-order valence-corrected chi connectivity index (χ2v) is 16.6. The number of fused-ring (bicyclic) bond motifs is 4. The van der Waals surface area contributed by atoms with Gasteiger partial charge in [-0.15, -0.1) is 0 Å². The zero-order valence-electron chi connectivity index (χ0n) is 30.3. The van der Waals surface area contributed by atoms with Gasteiger partial charge < -0.3 is 19.6 Å². The van der Waals surface area contributed by atoms with Crippen LogP contribution in [0.4, 0.5) is 11.8 Å². The molecule has 11 nitrogen and oxygen atoms in total. The van der Waals surface area contributed by atoms with Gasteiger partial charge in [-0.3, -0.25) is 4.79 Å². The molecule has 4 bridgehead atoms. The summed E-state index contributed by atoms with van der Waals surface area (Å²) < 4.78 is 36.5. The number of pyridine rings is 1. The molecule has 4 heterocycles. The number of ether oxygens (including phenoxy) is 1. The minimum Gasteiger partial charge on any atom is -0.475 e. The molecule has 0 saturated carbocycles. The maximum absolute atomic E-state index is 14.6. The number of carbonyl (C=O) groups excluding carboxylic acids is 1. The molecule has 51 heavy (non-hydrogen) atoms. The lowest BCUT2D eigenvalue weighted by Gasteiger charge is -2.38. The molecule has 4 aromatic rings. The Labute approximate surface area is 301 Å². The number of hydrogen-bond donors (Lipinski definition) is 2. The number of aromatic nitrogens is 3. The van der Waals surface area contributed by atoms with E-state index in [1.165, 1.54) is 12.1 Å². The highest BCUT2D eigenvalue weighted by molar-refractivity contribution is 7.92. The Morgan fingerprint density at radius 3 is 2.43 bits per heavy atom. The number of anilines is 2. The van der Waals surface area contributed by atoms with Crippen LogP contribution in [0.15, 0.2) is 71.6 Å². The van der Waals surface area contributed by atoms with Crippen molar-refractivity contribution >= 4 is 27.7 Å². The third-order valence-corrected chi connectivity index (χ3v) is 11.3. The molecule has 1 amide bonds. The number of aliphatic hydroxyl groups excluding tert-OH is 1. The molecule has 0 spiro atoms. The molecule has 2 aliphatic heterocycles. The van der Waals surface area contributed by atoms with Crippen LogP contribution in [0.1, 0.15) is 80.6 Å². The minimum atomic E-state index is -4.19. The zero-order chi connectivity index (χ0) is 36.6. The van der Waals surface area contributed by atoms with Crippen molar-refractivity contribution in [3.8, 4) is 17.1 Å². The molecule has 2 aliphatic rings. The Hall–Kier alpha value is -4.55. The maximum Gasteiger partial charge on any atom is 0.264 e. The predicted octanol–water partition coefficient (Wildman–Crippen LogP) is 6.54. The minimum absolute atomic E-state index is 0.0367. The average molecular weight is 713 g/mol. The molecule has 1 saturated heterocycles. The number of aryl methyl sites for hydroxylation is 2. The lowest BCUT2D eigenvalue weighted by molar-refractivity contribution is 0.0509. The van der Waals surface area contributed by atoms with Gasteiger partial charge in [-0.25, -0.2) is 23.1 Å². The van der Waals surface area contributed by atoms with E-state index in [-0.39, 0.29) is 58.9 Å². The SMILES string of the molecule is CC[C@]1(CO)CCCN1c1cccc(CN2C(=O)c3cccc(c3)S(=O)(=O)Nc3nc(cc(-c4c(C)cccc4C)n3)OC[C@H]2CC(C)(C)C)n1. The Morgan fingerprint density at radius 1 is 1.00 bits per heavy atom. The summed E-state index contributed by atoms with van der Waals surface area (Å²) in [5.41, 5.74) is 3.64. The lowest BCUT2D eigenvalue weighted by Crippen LogP contribution is -2.47. The third-order valence-electron chi connectivity index (χ3n) is 9.98. The van der Waals surface area contributed by atoms with E-state index in [1.54, 1.807) is 23.1 Å². The van der Waals surface area contributed by atoms with Crippen molar-refractivity contribution in [2.75, 3.05) is 29.4 Å². The summed E-state index contributed by atoms with van der Waals surface area (Å²) in [6.45, 7) is 13.4. The van der Waals surface area contributed by atoms with Gasteiger partial charge in [0, 0.05) is 23.7 Å². The van der Waals surface area contributed by atoms with E-state index >= 15 is 0 Å². The van der Waals surface area contributed by atoms with Crippen LogP contribution in [0.3, 0.4) is 0 Å². The Bertz CT molecular complexity index is 2000. The first kappa shape index (κ1) is 36.2. The highest BCUT2D eigenvalue weighted by atomic mass is 32.2. The van der Waals surface area contributed by atoms with Gasteiger partial charge in [0.25, 0.3) is 15.9 Å². The van der Waals surface area contributed by atoms with Crippen LogP contribution in [0.25, 0.3) is 11.3 Å². The smallest absolute Gasteiger partial charge is 0.264 e. The first-order chi connectivity index (χ1) is 24.2. The van der Waals surface area contributed by atoms with Crippen LogP contribution in [0.2, 0.25) is 0 Å². The lowest BCUT2D eigenvalue weighted by atomic mass is 9.87. The summed E-state index contributed by atoms with van der Waals surface area (Å²) in [4.78, 5) is 32.6. The molecule has 2 atom stereocenters. The first-order valence-electron chi connectivity index (χ1n) is 17.6. The van der Waals surface area contributed by atoms with Gasteiger partial charge in [0.1, 0.15) is 12.4 Å². The van der Waals surface area contributed by atoms with Crippen LogP contribution >= 0.6 is 0 Å². The molecule has 2 aromatic heterocycles. The van der Waals surface area contributed by atoms with E-state index in [4.69, 9.17) is 9.72 Å². The van der Waals surface area contributed by atoms with Crippen LogP contribution in [0.5, 0.6) is 5.88 Å². The quantitative estimate of drug-likeness (QED) is 0.219. The third kappa shape index (κ3) is 7.72. The van der Waals surface area contributed by atoms with E-state index in [1.807, 2.05) is 50.2 Å². The molecular formula is C39H48N6O5S. The number of benzene rings is 2. The molecule has 6 rings (SSSR count). The van der Waals surface area contributed by atoms with Gasteiger partial charge in [0.05, 0.1) is 41.0 Å². The molecule has 2 aromatic carbocycles. The number of aliphatic hydroxyl groups is 1. The Morgan fingerprint density at radius 2 is 1.73 bits per heavy atom. The molecule has 2 N–H and O–H groups in total. The molecule has 270 valence electrons. The van der Waals surface area contributed by atoms with Crippen molar-refractivity contribution in [3.63, 3.8) is 0 Å². The summed E-state index contributed by atoms with van der Waals surface area (Å²) >= 11 is 0. The maximum atomic E-state index is 14.6. The predicted molar refractivity (Wildman–Crippen MR) is 198 cm³/mol. The zero-order valence-corrected chi connectivity index (χ0v) is 31.1. The fourth-order valence-corrected chi connectivity index (χ4v) is 8.36. The van der Waals surface area contributed by atoms with E-state index in [2.05, 4.69) is 47.3 Å². The molecule has 0 radical (unpaired) electrons. The van der Waals surface area contributed by atoms with Crippen molar-refractivity contribution < 1.29 is 23.1 Å². The van der Waals surface area contributed by atoms with Crippen LogP contribution < -0.4 is 14.4 Å². The van der Waals surface area contributed by atoms with Gasteiger partial charge in [-0.1, -0.05) is 58.0 Å². The summed E-state index contributed by atoms with van der Waals surface area (Å²) in [6.07, 6.45) is 3.20. The molecule has 1 fully saturated rings. The molecule has 0 unspecified atom stereocenters. The van der Waals surface area contributed by atoms with Gasteiger partial charge in [-0.2, -0.15) is 4.98 Å². The highest BCUT2D eigenvalue weighted by Gasteiger charge is 2.40. The number of sulfonamides is 1. The number of carbonyl (C=O) groups is 1. The summed E-state index contributed by atoms with van der Waals surface area (Å²) in [7, 11) is -4.19. The summed E-state index contributed by atoms with van der Waals surface area (Å²) in [5.74, 6) is 0.477. The van der Waals surface area contributed by atoms with Crippen molar-refractivity contribution in [2.24, 2.45) is 5.41 Å². The Balaban J connectivity index is 1.46. The number of nitrogens with one attached hydrogen (secondary N) is 1. The number of hydrogen-bond acceptors (Lipinski definition) is 9. The van der Waals surface area contributed by atoms with Crippen LogP contribution in [-0.4, -0.2) is 70.6 Å². The fourth-order valence-electron chi connectivity index (χ4n) is 7.37. The number of amides is 1. The van der Waals surface area contributed by atoms with Gasteiger partial charge >= 0.3 is 0 Å². The van der Waals surface area contributed by atoms with Gasteiger partial charge in [-0.05, 0) is 86.4 Å².